The summed E-state index contributed by atoms with van der Waals surface area (Å²) in [4.78, 5) is 15.9. The molecule has 0 atom stereocenters. The van der Waals surface area contributed by atoms with Crippen LogP contribution in [0.4, 0.5) is 19.1 Å². The highest BCUT2D eigenvalue weighted by Gasteiger charge is 2.40. The Labute approximate surface area is 140 Å². The number of hydrogen-bond donors (Lipinski definition) is 1. The van der Waals surface area contributed by atoms with E-state index in [0.29, 0.717) is 0 Å². The summed E-state index contributed by atoms with van der Waals surface area (Å²) < 4.78 is 44.3. The molecule has 25 heavy (non-hydrogen) atoms. The van der Waals surface area contributed by atoms with E-state index in [2.05, 4.69) is 15.5 Å². The van der Waals surface area contributed by atoms with Gasteiger partial charge in [-0.05, 0) is 23.3 Å². The van der Waals surface area contributed by atoms with Crippen molar-refractivity contribution in [2.24, 2.45) is 0 Å². The lowest BCUT2D eigenvalue weighted by Crippen LogP contribution is -2.15. The van der Waals surface area contributed by atoms with Crippen LogP contribution in [0.1, 0.15) is 11.3 Å². The molecule has 3 aromatic rings. The van der Waals surface area contributed by atoms with Crippen LogP contribution in [0.5, 0.6) is 0 Å². The molecule has 2 heterocycles. The van der Waals surface area contributed by atoms with Gasteiger partial charge in [-0.1, -0.05) is 35.5 Å². The minimum atomic E-state index is -4.72. The number of hydrogen-bond acceptors (Lipinski definition) is 4. The van der Waals surface area contributed by atoms with E-state index in [1.54, 1.807) is 30.3 Å². The van der Waals surface area contributed by atoms with Crippen LogP contribution in [0, 0.1) is 0 Å². The number of benzene rings is 1. The zero-order valence-electron chi connectivity index (χ0n) is 12.7. The number of amides is 1. The number of alkyl halides is 3. The first-order valence-electron chi connectivity index (χ1n) is 7.26. The van der Waals surface area contributed by atoms with Gasteiger partial charge in [0.05, 0.1) is 12.0 Å². The van der Waals surface area contributed by atoms with E-state index in [9.17, 15) is 18.0 Å². The molecule has 0 radical (unpaired) electrons. The monoisotopic (exact) mass is 347 g/mol. The molecule has 3 rings (SSSR count). The highest BCUT2D eigenvalue weighted by atomic mass is 19.4. The number of nitrogens with one attached hydrogen (secondary N) is 1. The third-order valence-electron chi connectivity index (χ3n) is 3.39. The molecule has 0 saturated heterocycles. The fraction of sp³-hybridized carbons (Fsp3) is 0.118. The van der Waals surface area contributed by atoms with Crippen molar-refractivity contribution in [3.8, 4) is 11.1 Å². The number of carbonyl (C=O) groups excluding carboxylic acids is 1. The van der Waals surface area contributed by atoms with Crippen molar-refractivity contribution >= 4 is 11.8 Å². The quantitative estimate of drug-likeness (QED) is 0.776. The van der Waals surface area contributed by atoms with Crippen molar-refractivity contribution in [2.75, 3.05) is 5.32 Å². The minimum Gasteiger partial charge on any atom is -0.337 e. The van der Waals surface area contributed by atoms with Gasteiger partial charge in [0, 0.05) is 12.4 Å². The number of anilines is 1. The summed E-state index contributed by atoms with van der Waals surface area (Å²) in [6.07, 6.45) is -2.03. The molecule has 0 spiro atoms. The summed E-state index contributed by atoms with van der Waals surface area (Å²) in [5.41, 5.74) is -0.607. The van der Waals surface area contributed by atoms with Crippen molar-refractivity contribution in [1.82, 2.24) is 10.1 Å². The van der Waals surface area contributed by atoms with Crippen molar-refractivity contribution in [3.05, 3.63) is 66.1 Å². The Hall–Kier alpha value is -3.16. The lowest BCUT2D eigenvalue weighted by atomic mass is 10.1. The molecule has 1 N–H and O–H groups in total. The molecule has 8 heteroatoms. The molecule has 1 aromatic carbocycles. The second-order valence-electron chi connectivity index (χ2n) is 5.18. The van der Waals surface area contributed by atoms with Gasteiger partial charge in [0.2, 0.25) is 11.8 Å². The van der Waals surface area contributed by atoms with Gasteiger partial charge in [0.25, 0.3) is 0 Å². The van der Waals surface area contributed by atoms with E-state index < -0.39 is 17.8 Å². The third-order valence-corrected chi connectivity index (χ3v) is 3.39. The van der Waals surface area contributed by atoms with E-state index in [0.717, 1.165) is 5.56 Å². The maximum absolute atomic E-state index is 13.2. The van der Waals surface area contributed by atoms with Crippen molar-refractivity contribution in [3.63, 3.8) is 0 Å². The molecular weight excluding hydrogens is 335 g/mol. The zero-order valence-corrected chi connectivity index (χ0v) is 12.7. The van der Waals surface area contributed by atoms with E-state index in [4.69, 9.17) is 4.52 Å². The Morgan fingerprint density at radius 2 is 1.76 bits per heavy atom. The molecule has 5 nitrogen and oxygen atoms in total. The summed E-state index contributed by atoms with van der Waals surface area (Å²) in [6, 6.07) is 11.6. The maximum Gasteiger partial charge on any atom is 0.437 e. The maximum atomic E-state index is 13.2. The molecule has 2 aromatic heterocycles. The molecule has 0 aliphatic carbocycles. The van der Waals surface area contributed by atoms with Gasteiger partial charge in [-0.3, -0.25) is 15.1 Å². The number of aromatic nitrogens is 2. The van der Waals surface area contributed by atoms with E-state index in [1.165, 1.54) is 24.5 Å². The zero-order chi connectivity index (χ0) is 17.9. The topological polar surface area (TPSA) is 68.0 Å². The Balaban J connectivity index is 1.91. The molecule has 0 saturated carbocycles. The Morgan fingerprint density at radius 1 is 1.08 bits per heavy atom. The first-order valence-corrected chi connectivity index (χ1v) is 7.26. The normalized spacial score (nSPS) is 11.3. The SMILES string of the molecule is O=C(Cc1ccccc1)Nc1onc(C(F)(F)F)c1-c1ccncc1. The number of halogens is 3. The summed E-state index contributed by atoms with van der Waals surface area (Å²) in [6.45, 7) is 0. The summed E-state index contributed by atoms with van der Waals surface area (Å²) in [5, 5.41) is 5.45. The van der Waals surface area contributed by atoms with E-state index in [-0.39, 0.29) is 23.4 Å². The Morgan fingerprint density at radius 3 is 2.40 bits per heavy atom. The number of rotatable bonds is 4. The van der Waals surface area contributed by atoms with Crippen molar-refractivity contribution in [1.29, 1.82) is 0 Å². The molecule has 0 aliphatic rings. The minimum absolute atomic E-state index is 0.00131. The second kappa shape index (κ2) is 6.76. The average Bonchev–Trinajstić information content (AvgIpc) is 3.00. The van der Waals surface area contributed by atoms with E-state index in [1.807, 2.05) is 0 Å². The van der Waals surface area contributed by atoms with Gasteiger partial charge >= 0.3 is 6.18 Å². The Kier molecular flexibility index (Phi) is 4.51. The average molecular weight is 347 g/mol. The highest BCUT2D eigenvalue weighted by Crippen LogP contribution is 2.40. The smallest absolute Gasteiger partial charge is 0.337 e. The number of pyridine rings is 1. The highest BCUT2D eigenvalue weighted by molar-refractivity contribution is 5.95. The van der Waals surface area contributed by atoms with Crippen molar-refractivity contribution in [2.45, 2.75) is 12.6 Å². The van der Waals surface area contributed by atoms with Crippen molar-refractivity contribution < 1.29 is 22.5 Å². The van der Waals surface area contributed by atoms with Crippen LogP contribution in [0.25, 0.3) is 11.1 Å². The fourth-order valence-electron chi connectivity index (χ4n) is 2.31. The van der Waals surface area contributed by atoms with Crippen LogP contribution in [0.3, 0.4) is 0 Å². The molecule has 128 valence electrons. The number of nitrogens with zero attached hydrogens (tertiary/aromatic N) is 2. The first-order chi connectivity index (χ1) is 11.9. The van der Waals surface area contributed by atoms with Crippen LogP contribution >= 0.6 is 0 Å². The largest absolute Gasteiger partial charge is 0.437 e. The summed E-state index contributed by atoms with van der Waals surface area (Å²) >= 11 is 0. The van der Waals surface area contributed by atoms with Gasteiger partial charge < -0.3 is 4.52 Å². The van der Waals surface area contributed by atoms with E-state index >= 15 is 0 Å². The second-order valence-corrected chi connectivity index (χ2v) is 5.18. The van der Waals surface area contributed by atoms with Crippen LogP contribution in [0.2, 0.25) is 0 Å². The predicted octanol–water partition coefficient (Wildman–Crippen LogP) is 3.94. The lowest BCUT2D eigenvalue weighted by Gasteiger charge is -2.07. The summed E-state index contributed by atoms with van der Waals surface area (Å²) in [7, 11) is 0. The standard InChI is InChI=1S/C17H12F3N3O2/c18-17(19,20)15-14(12-6-8-21-9-7-12)16(25-23-15)22-13(24)10-11-4-2-1-3-5-11/h1-9H,10H2,(H,22,24). The molecule has 0 fully saturated rings. The van der Waals surface area contributed by atoms with Gasteiger partial charge in [-0.15, -0.1) is 0 Å². The number of carbonyl (C=O) groups is 1. The molecule has 0 aliphatic heterocycles. The van der Waals surface area contributed by atoms with Crippen LogP contribution in [-0.2, 0) is 17.4 Å². The molecule has 0 unspecified atom stereocenters. The van der Waals surface area contributed by atoms with Crippen LogP contribution in [0.15, 0.2) is 59.4 Å². The lowest BCUT2D eigenvalue weighted by molar-refractivity contribution is -0.142. The van der Waals surface area contributed by atoms with Crippen LogP contribution in [-0.4, -0.2) is 16.0 Å². The Bertz CT molecular complexity index is 862. The fourth-order valence-corrected chi connectivity index (χ4v) is 2.31. The van der Waals surface area contributed by atoms with Gasteiger partial charge in [-0.25, -0.2) is 0 Å². The van der Waals surface area contributed by atoms with Crippen LogP contribution < -0.4 is 5.32 Å². The van der Waals surface area contributed by atoms with Gasteiger partial charge in [0.15, 0.2) is 5.69 Å². The molecule has 1 amide bonds. The third kappa shape index (κ3) is 3.85. The predicted molar refractivity (Wildman–Crippen MR) is 83.5 cm³/mol. The molecular formula is C17H12F3N3O2. The summed E-state index contributed by atoms with van der Waals surface area (Å²) in [5.74, 6) is -0.856. The van der Waals surface area contributed by atoms with Gasteiger partial charge in [0.1, 0.15) is 0 Å². The molecule has 0 bridgehead atoms. The first kappa shape index (κ1) is 16.7. The van der Waals surface area contributed by atoms with Gasteiger partial charge in [-0.2, -0.15) is 13.2 Å².